The van der Waals surface area contributed by atoms with Crippen molar-refractivity contribution in [3.8, 4) is 0 Å². The molecule has 0 aromatic heterocycles. The maximum Gasteiger partial charge on any atom is 0.307 e. The van der Waals surface area contributed by atoms with Gasteiger partial charge in [-0.2, -0.15) is 0 Å². The van der Waals surface area contributed by atoms with Crippen LogP contribution in [0.2, 0.25) is 0 Å². The Morgan fingerprint density at radius 2 is 2.11 bits per heavy atom. The maximum atomic E-state index is 11.9. The van der Waals surface area contributed by atoms with Gasteiger partial charge < -0.3 is 9.64 Å². The first-order chi connectivity index (χ1) is 8.52. The van der Waals surface area contributed by atoms with Crippen LogP contribution in [0.15, 0.2) is 28.7 Å². The van der Waals surface area contributed by atoms with Crippen LogP contribution < -0.4 is 0 Å². The fraction of sp³-hybridized carbons (Fsp3) is 0.385. The van der Waals surface area contributed by atoms with Crippen molar-refractivity contribution in [1.82, 2.24) is 4.90 Å². The van der Waals surface area contributed by atoms with Crippen molar-refractivity contribution in [2.75, 3.05) is 20.7 Å². The summed E-state index contributed by atoms with van der Waals surface area (Å²) in [5, 5.41) is 0. The van der Waals surface area contributed by atoms with Gasteiger partial charge in [0.25, 0.3) is 0 Å². The van der Waals surface area contributed by atoms with E-state index in [0.717, 1.165) is 10.0 Å². The zero-order chi connectivity index (χ0) is 13.5. The van der Waals surface area contributed by atoms with E-state index in [1.54, 1.807) is 7.05 Å². The molecule has 1 aromatic rings. The van der Waals surface area contributed by atoms with Crippen LogP contribution in [0.5, 0.6) is 0 Å². The maximum absolute atomic E-state index is 11.9. The summed E-state index contributed by atoms with van der Waals surface area (Å²) in [6.45, 7) is 0.375. The van der Waals surface area contributed by atoms with Gasteiger partial charge in [-0.25, -0.2) is 0 Å². The average Bonchev–Trinajstić information content (AvgIpc) is 2.35. The zero-order valence-electron chi connectivity index (χ0n) is 10.5. The number of hydrogen-bond acceptors (Lipinski definition) is 3. The number of likely N-dealkylation sites (N-methyl/N-ethyl adjacent to an activating group) is 1. The molecule has 0 aliphatic carbocycles. The smallest absolute Gasteiger partial charge is 0.307 e. The van der Waals surface area contributed by atoms with Crippen LogP contribution in [-0.4, -0.2) is 37.5 Å². The van der Waals surface area contributed by atoms with E-state index in [1.807, 2.05) is 24.3 Å². The molecule has 0 spiro atoms. The van der Waals surface area contributed by atoms with E-state index < -0.39 is 0 Å². The standard InChI is InChI=1S/C13H16BrNO3/c1-15(7-6-13(17)18-2)12(16)9-10-4-3-5-11(14)8-10/h3-5,8H,6-7,9H2,1-2H3. The molecule has 1 rings (SSSR count). The third kappa shape index (κ3) is 4.87. The molecular weight excluding hydrogens is 298 g/mol. The number of halogens is 1. The van der Waals surface area contributed by atoms with Gasteiger partial charge in [-0.1, -0.05) is 28.1 Å². The molecule has 0 saturated heterocycles. The number of benzene rings is 1. The summed E-state index contributed by atoms with van der Waals surface area (Å²) >= 11 is 3.36. The molecule has 5 heteroatoms. The van der Waals surface area contributed by atoms with Gasteiger partial charge in [0.05, 0.1) is 20.0 Å². The van der Waals surface area contributed by atoms with E-state index >= 15 is 0 Å². The fourth-order valence-corrected chi connectivity index (χ4v) is 1.89. The molecule has 18 heavy (non-hydrogen) atoms. The number of hydrogen-bond donors (Lipinski definition) is 0. The summed E-state index contributed by atoms with van der Waals surface area (Å²) < 4.78 is 5.48. The van der Waals surface area contributed by atoms with Crippen LogP contribution in [0.3, 0.4) is 0 Å². The van der Waals surface area contributed by atoms with Gasteiger partial charge in [0.15, 0.2) is 0 Å². The summed E-state index contributed by atoms with van der Waals surface area (Å²) in [6.07, 6.45) is 0.550. The summed E-state index contributed by atoms with van der Waals surface area (Å²) in [7, 11) is 3.02. The Morgan fingerprint density at radius 1 is 1.39 bits per heavy atom. The van der Waals surface area contributed by atoms with Gasteiger partial charge >= 0.3 is 5.97 Å². The average molecular weight is 314 g/mol. The highest BCUT2D eigenvalue weighted by Crippen LogP contribution is 2.12. The van der Waals surface area contributed by atoms with Crippen molar-refractivity contribution < 1.29 is 14.3 Å². The minimum Gasteiger partial charge on any atom is -0.469 e. The molecule has 0 heterocycles. The second-order valence-corrected chi connectivity index (χ2v) is 4.86. The lowest BCUT2D eigenvalue weighted by Crippen LogP contribution is -2.30. The highest BCUT2D eigenvalue weighted by atomic mass is 79.9. The normalized spacial score (nSPS) is 9.94. The predicted molar refractivity (Wildman–Crippen MR) is 72.1 cm³/mol. The van der Waals surface area contributed by atoms with Crippen molar-refractivity contribution in [3.05, 3.63) is 34.3 Å². The van der Waals surface area contributed by atoms with Gasteiger partial charge in [-0.15, -0.1) is 0 Å². The SMILES string of the molecule is COC(=O)CCN(C)C(=O)Cc1cccc(Br)c1. The van der Waals surface area contributed by atoms with Gasteiger partial charge in [0.2, 0.25) is 5.91 Å². The second-order valence-electron chi connectivity index (χ2n) is 3.95. The highest BCUT2D eigenvalue weighted by molar-refractivity contribution is 9.10. The molecule has 0 aliphatic rings. The number of carbonyl (C=O) groups excluding carboxylic acids is 2. The molecule has 1 amide bonds. The largest absolute Gasteiger partial charge is 0.469 e. The van der Waals surface area contributed by atoms with Gasteiger partial charge in [0.1, 0.15) is 0 Å². The van der Waals surface area contributed by atoms with E-state index in [-0.39, 0.29) is 18.3 Å². The van der Waals surface area contributed by atoms with Crippen molar-refractivity contribution >= 4 is 27.8 Å². The Hall–Kier alpha value is -1.36. The Labute approximate surface area is 115 Å². The van der Waals surface area contributed by atoms with Gasteiger partial charge in [-0.3, -0.25) is 9.59 Å². The van der Waals surface area contributed by atoms with Crippen molar-refractivity contribution in [1.29, 1.82) is 0 Å². The van der Waals surface area contributed by atoms with E-state index in [2.05, 4.69) is 20.7 Å². The first-order valence-corrected chi connectivity index (χ1v) is 6.37. The fourth-order valence-electron chi connectivity index (χ4n) is 1.44. The lowest BCUT2D eigenvalue weighted by Gasteiger charge is -2.16. The van der Waals surface area contributed by atoms with Crippen LogP contribution in [-0.2, 0) is 20.7 Å². The first kappa shape index (κ1) is 14.7. The van der Waals surface area contributed by atoms with E-state index in [4.69, 9.17) is 0 Å². The lowest BCUT2D eigenvalue weighted by molar-refractivity contribution is -0.141. The Bertz CT molecular complexity index is 434. The van der Waals surface area contributed by atoms with E-state index in [1.165, 1.54) is 12.0 Å². The van der Waals surface area contributed by atoms with Crippen molar-refractivity contribution in [2.45, 2.75) is 12.8 Å². The Balaban J connectivity index is 2.47. The van der Waals surface area contributed by atoms with Crippen LogP contribution in [0.4, 0.5) is 0 Å². The van der Waals surface area contributed by atoms with Crippen molar-refractivity contribution in [2.24, 2.45) is 0 Å². The lowest BCUT2D eigenvalue weighted by atomic mass is 10.1. The van der Waals surface area contributed by atoms with E-state index in [0.29, 0.717) is 13.0 Å². The molecule has 0 aliphatic heterocycles. The number of amides is 1. The summed E-state index contributed by atoms with van der Waals surface area (Å²) in [5.41, 5.74) is 0.944. The minimum absolute atomic E-state index is 0.0167. The molecule has 98 valence electrons. The predicted octanol–water partition coefficient (Wildman–Crippen LogP) is 2.01. The minimum atomic E-state index is -0.308. The van der Waals surface area contributed by atoms with E-state index in [9.17, 15) is 9.59 Å². The van der Waals surface area contributed by atoms with Crippen LogP contribution in [0.1, 0.15) is 12.0 Å². The summed E-state index contributed by atoms with van der Waals surface area (Å²) in [5.74, 6) is -0.325. The monoisotopic (exact) mass is 313 g/mol. The number of nitrogens with zero attached hydrogens (tertiary/aromatic N) is 1. The molecule has 0 atom stereocenters. The number of esters is 1. The Kier molecular flexibility index (Phi) is 5.85. The van der Waals surface area contributed by atoms with Crippen molar-refractivity contribution in [3.63, 3.8) is 0 Å². The molecule has 4 nitrogen and oxygen atoms in total. The molecule has 1 aromatic carbocycles. The molecule has 0 unspecified atom stereocenters. The van der Waals surface area contributed by atoms with Crippen LogP contribution in [0.25, 0.3) is 0 Å². The first-order valence-electron chi connectivity index (χ1n) is 5.58. The molecular formula is C13H16BrNO3. The number of carbonyl (C=O) groups is 2. The quantitative estimate of drug-likeness (QED) is 0.781. The van der Waals surface area contributed by atoms with Crippen LogP contribution in [0, 0.1) is 0 Å². The molecule has 0 fully saturated rings. The topological polar surface area (TPSA) is 46.6 Å². The highest BCUT2D eigenvalue weighted by Gasteiger charge is 2.11. The second kappa shape index (κ2) is 7.16. The number of rotatable bonds is 5. The third-order valence-corrected chi connectivity index (χ3v) is 3.04. The molecule has 0 radical (unpaired) electrons. The third-order valence-electron chi connectivity index (χ3n) is 2.55. The molecule has 0 N–H and O–H groups in total. The molecule has 0 saturated carbocycles. The molecule has 0 bridgehead atoms. The van der Waals surface area contributed by atoms with Gasteiger partial charge in [-0.05, 0) is 17.7 Å². The Morgan fingerprint density at radius 3 is 2.72 bits per heavy atom. The zero-order valence-corrected chi connectivity index (χ0v) is 12.1. The number of ether oxygens (including phenoxy) is 1. The number of methoxy groups -OCH3 is 1. The summed E-state index contributed by atoms with van der Waals surface area (Å²) in [6, 6.07) is 7.61. The van der Waals surface area contributed by atoms with Crippen LogP contribution >= 0.6 is 15.9 Å². The summed E-state index contributed by atoms with van der Waals surface area (Å²) in [4.78, 5) is 24.4. The van der Waals surface area contributed by atoms with Gasteiger partial charge in [0, 0.05) is 18.1 Å².